The number of rotatable bonds is 3. The second-order valence-corrected chi connectivity index (χ2v) is 7.51. The maximum Gasteiger partial charge on any atom is 0.252 e. The Labute approximate surface area is 133 Å². The van der Waals surface area contributed by atoms with Crippen molar-refractivity contribution in [2.75, 3.05) is 0 Å². The van der Waals surface area contributed by atoms with Crippen LogP contribution in [0, 0.1) is 0 Å². The van der Waals surface area contributed by atoms with E-state index in [0.29, 0.717) is 4.47 Å². The van der Waals surface area contributed by atoms with Gasteiger partial charge in [0.15, 0.2) is 9.84 Å². The molecule has 2 aromatic rings. The van der Waals surface area contributed by atoms with Crippen LogP contribution in [0.25, 0.3) is 0 Å². The zero-order chi connectivity index (χ0) is 14.9. The molecule has 0 unspecified atom stereocenters. The van der Waals surface area contributed by atoms with Crippen molar-refractivity contribution < 1.29 is 8.42 Å². The molecule has 20 heavy (non-hydrogen) atoms. The van der Waals surface area contributed by atoms with Gasteiger partial charge in [-0.15, -0.1) is 0 Å². The van der Waals surface area contributed by atoms with Gasteiger partial charge >= 0.3 is 0 Å². The van der Waals surface area contributed by atoms with Crippen LogP contribution in [0.4, 0.5) is 0 Å². The average Bonchev–Trinajstić information content (AvgIpc) is 2.36. The normalized spacial score (nSPS) is 11.6. The molecule has 1 N–H and O–H groups in total. The fourth-order valence-corrected chi connectivity index (χ4v) is 3.56. The van der Waals surface area contributed by atoms with Gasteiger partial charge in [0, 0.05) is 18.0 Å². The van der Waals surface area contributed by atoms with Crippen LogP contribution < -0.4 is 5.56 Å². The van der Waals surface area contributed by atoms with Crippen LogP contribution in [0.15, 0.2) is 38.7 Å². The second kappa shape index (κ2) is 5.85. The molecular weight excluding hydrogens is 391 g/mol. The Hall–Kier alpha value is -0.890. The van der Waals surface area contributed by atoms with Gasteiger partial charge in [0.05, 0.1) is 20.1 Å². The average molecular weight is 398 g/mol. The van der Waals surface area contributed by atoms with Gasteiger partial charge < -0.3 is 4.98 Å². The van der Waals surface area contributed by atoms with Crippen molar-refractivity contribution in [3.63, 3.8) is 0 Å². The number of hydrogen-bond acceptors (Lipinski definition) is 4. The number of halogens is 3. The molecular formula is C11H7BrCl2N2O3S. The Morgan fingerprint density at radius 1 is 1.30 bits per heavy atom. The molecule has 0 radical (unpaired) electrons. The molecule has 2 rings (SSSR count). The van der Waals surface area contributed by atoms with E-state index in [0.717, 1.165) is 6.20 Å². The number of nitrogens with zero attached hydrogens (tertiary/aromatic N) is 1. The van der Waals surface area contributed by atoms with Crippen molar-refractivity contribution >= 4 is 49.0 Å². The molecule has 2 heterocycles. The summed E-state index contributed by atoms with van der Waals surface area (Å²) in [5.41, 5.74) is -0.442. The first-order chi connectivity index (χ1) is 9.29. The van der Waals surface area contributed by atoms with E-state index in [-0.39, 0.29) is 20.6 Å². The van der Waals surface area contributed by atoms with Crippen molar-refractivity contribution in [2.24, 2.45) is 0 Å². The largest absolute Gasteiger partial charge is 0.327 e. The Morgan fingerprint density at radius 3 is 2.65 bits per heavy atom. The Bertz CT molecular complexity index is 821. The molecule has 0 amide bonds. The van der Waals surface area contributed by atoms with E-state index in [1.807, 2.05) is 0 Å². The molecule has 0 atom stereocenters. The lowest BCUT2D eigenvalue weighted by atomic mass is 10.3. The minimum Gasteiger partial charge on any atom is -0.327 e. The molecule has 0 saturated carbocycles. The first-order valence-electron chi connectivity index (χ1n) is 5.20. The van der Waals surface area contributed by atoms with E-state index in [2.05, 4.69) is 25.9 Å². The predicted molar refractivity (Wildman–Crippen MR) is 79.9 cm³/mol. The second-order valence-electron chi connectivity index (χ2n) is 3.87. The van der Waals surface area contributed by atoms with Gasteiger partial charge in [-0.25, -0.2) is 13.4 Å². The van der Waals surface area contributed by atoms with Gasteiger partial charge in [-0.2, -0.15) is 0 Å². The van der Waals surface area contributed by atoms with E-state index in [1.54, 1.807) is 0 Å². The van der Waals surface area contributed by atoms with E-state index in [4.69, 9.17) is 23.2 Å². The molecule has 0 aliphatic carbocycles. The third kappa shape index (κ3) is 3.41. The molecule has 2 aromatic heterocycles. The number of aromatic amines is 1. The fourth-order valence-electron chi connectivity index (χ4n) is 1.47. The van der Waals surface area contributed by atoms with Gasteiger partial charge in [-0.1, -0.05) is 23.2 Å². The summed E-state index contributed by atoms with van der Waals surface area (Å²) in [4.78, 5) is 17.7. The highest BCUT2D eigenvalue weighted by Crippen LogP contribution is 2.24. The molecule has 0 fully saturated rings. The summed E-state index contributed by atoms with van der Waals surface area (Å²) in [6, 6.07) is 2.65. The highest BCUT2D eigenvalue weighted by Gasteiger charge is 2.19. The van der Waals surface area contributed by atoms with E-state index in [9.17, 15) is 13.2 Å². The summed E-state index contributed by atoms with van der Waals surface area (Å²) in [7, 11) is -3.72. The molecule has 0 aliphatic heterocycles. The van der Waals surface area contributed by atoms with Crippen LogP contribution in [-0.2, 0) is 15.6 Å². The van der Waals surface area contributed by atoms with Gasteiger partial charge in [0.25, 0.3) is 5.56 Å². The maximum absolute atomic E-state index is 12.2. The van der Waals surface area contributed by atoms with Crippen LogP contribution in [0.3, 0.4) is 0 Å². The molecule has 0 spiro atoms. The molecule has 0 saturated heterocycles. The number of hydrogen-bond donors (Lipinski definition) is 1. The van der Waals surface area contributed by atoms with Crippen molar-refractivity contribution in [3.8, 4) is 0 Å². The van der Waals surface area contributed by atoms with Crippen molar-refractivity contribution in [1.82, 2.24) is 9.97 Å². The minimum absolute atomic E-state index is 0.0341. The van der Waals surface area contributed by atoms with Gasteiger partial charge in [0.1, 0.15) is 5.15 Å². The summed E-state index contributed by atoms with van der Waals surface area (Å²) in [6.07, 6.45) is 2.43. The van der Waals surface area contributed by atoms with E-state index in [1.165, 1.54) is 18.3 Å². The third-order valence-electron chi connectivity index (χ3n) is 2.42. The topological polar surface area (TPSA) is 79.9 Å². The van der Waals surface area contributed by atoms with Crippen LogP contribution in [0.1, 0.15) is 5.56 Å². The summed E-state index contributed by atoms with van der Waals surface area (Å²) in [5, 5.41) is 0.412. The monoisotopic (exact) mass is 396 g/mol. The number of pyridine rings is 2. The third-order valence-corrected chi connectivity index (χ3v) is 5.41. The zero-order valence-corrected chi connectivity index (χ0v) is 13.6. The first kappa shape index (κ1) is 15.5. The number of nitrogens with one attached hydrogen (secondary N) is 1. The summed E-state index contributed by atoms with van der Waals surface area (Å²) >= 11 is 14.5. The SMILES string of the molecule is O=c1[nH]cc(Cl)cc1CS(=O)(=O)c1cnc(Cl)c(Br)c1. The first-order valence-corrected chi connectivity index (χ1v) is 8.40. The quantitative estimate of drug-likeness (QED) is 0.807. The molecule has 0 bridgehead atoms. The van der Waals surface area contributed by atoms with Crippen molar-refractivity contribution in [3.05, 3.63) is 55.1 Å². The lowest BCUT2D eigenvalue weighted by Gasteiger charge is -2.05. The van der Waals surface area contributed by atoms with Gasteiger partial charge in [-0.05, 0) is 28.1 Å². The molecule has 0 aromatic carbocycles. The van der Waals surface area contributed by atoms with E-state index >= 15 is 0 Å². The minimum atomic E-state index is -3.72. The zero-order valence-electron chi connectivity index (χ0n) is 9.73. The smallest absolute Gasteiger partial charge is 0.252 e. The van der Waals surface area contributed by atoms with Gasteiger partial charge in [0.2, 0.25) is 0 Å². The number of sulfone groups is 1. The summed E-state index contributed by atoms with van der Waals surface area (Å²) < 4.78 is 24.8. The standard InChI is InChI=1S/C11H7BrCl2N2O3S/c12-9-2-8(4-15-10(9)14)20(18,19)5-6-1-7(13)3-16-11(6)17/h1-4H,5H2,(H,16,17). The highest BCUT2D eigenvalue weighted by atomic mass is 79.9. The highest BCUT2D eigenvalue weighted by molar-refractivity contribution is 9.10. The summed E-state index contributed by atoms with van der Waals surface area (Å²) in [6.45, 7) is 0. The van der Waals surface area contributed by atoms with Crippen LogP contribution in [-0.4, -0.2) is 18.4 Å². The summed E-state index contributed by atoms with van der Waals surface area (Å²) in [5.74, 6) is -0.474. The lowest BCUT2D eigenvalue weighted by Crippen LogP contribution is -2.16. The number of H-pyrrole nitrogens is 1. The molecule has 9 heteroatoms. The van der Waals surface area contributed by atoms with E-state index < -0.39 is 21.1 Å². The van der Waals surface area contributed by atoms with Crippen LogP contribution >= 0.6 is 39.1 Å². The van der Waals surface area contributed by atoms with Gasteiger partial charge in [-0.3, -0.25) is 4.79 Å². The number of aromatic nitrogens is 2. The molecule has 5 nitrogen and oxygen atoms in total. The Kier molecular flexibility index (Phi) is 4.53. The van der Waals surface area contributed by atoms with Crippen LogP contribution in [0.5, 0.6) is 0 Å². The fraction of sp³-hybridized carbons (Fsp3) is 0.0909. The molecule has 106 valence electrons. The maximum atomic E-state index is 12.2. The van der Waals surface area contributed by atoms with Crippen molar-refractivity contribution in [1.29, 1.82) is 0 Å². The van der Waals surface area contributed by atoms with Crippen molar-refractivity contribution in [2.45, 2.75) is 10.6 Å². The predicted octanol–water partition coefficient (Wildman–Crippen LogP) is 2.81. The van der Waals surface area contributed by atoms with Crippen LogP contribution in [0.2, 0.25) is 10.2 Å². The molecule has 0 aliphatic rings. The Morgan fingerprint density at radius 2 is 2.00 bits per heavy atom. The Balaban J connectivity index is 2.43. The lowest BCUT2D eigenvalue weighted by molar-refractivity contribution is 0.594.